The fourth-order valence-electron chi connectivity index (χ4n) is 1.95. The molecule has 7 heteroatoms. The van der Waals surface area contributed by atoms with E-state index in [0.29, 0.717) is 16.8 Å². The predicted octanol–water partition coefficient (Wildman–Crippen LogP) is 3.01. The van der Waals surface area contributed by atoms with Gasteiger partial charge in [-0.25, -0.2) is 4.98 Å². The molecule has 2 aromatic heterocycles. The molecule has 0 unspecified atom stereocenters. The SMILES string of the molecule is CCc1nc(N)sc1-c1nc(-c2ccc(OC)cc2)no1. The summed E-state index contributed by atoms with van der Waals surface area (Å²) in [7, 11) is 1.63. The van der Waals surface area contributed by atoms with E-state index in [2.05, 4.69) is 15.1 Å². The highest BCUT2D eigenvalue weighted by molar-refractivity contribution is 7.18. The van der Waals surface area contributed by atoms with Crippen molar-refractivity contribution >= 4 is 16.5 Å². The van der Waals surface area contributed by atoms with E-state index in [1.54, 1.807) is 7.11 Å². The number of rotatable bonds is 4. The number of anilines is 1. The summed E-state index contributed by atoms with van der Waals surface area (Å²) < 4.78 is 10.5. The molecule has 0 saturated heterocycles. The second-order valence-electron chi connectivity index (χ2n) is 4.33. The van der Waals surface area contributed by atoms with Crippen LogP contribution in [0.5, 0.6) is 5.75 Å². The maximum absolute atomic E-state index is 5.75. The minimum absolute atomic E-state index is 0.451. The number of aryl methyl sites for hydroxylation is 1. The van der Waals surface area contributed by atoms with Crippen molar-refractivity contribution in [3.8, 4) is 27.9 Å². The molecule has 108 valence electrons. The zero-order chi connectivity index (χ0) is 14.8. The van der Waals surface area contributed by atoms with Crippen LogP contribution in [0, 0.1) is 0 Å². The highest BCUT2D eigenvalue weighted by Crippen LogP contribution is 2.32. The molecule has 2 N–H and O–H groups in total. The first-order chi connectivity index (χ1) is 10.2. The summed E-state index contributed by atoms with van der Waals surface area (Å²) in [6.45, 7) is 2.01. The van der Waals surface area contributed by atoms with Crippen molar-refractivity contribution in [2.24, 2.45) is 0 Å². The lowest BCUT2D eigenvalue weighted by atomic mass is 10.2. The van der Waals surface area contributed by atoms with Crippen LogP contribution in [0.2, 0.25) is 0 Å². The summed E-state index contributed by atoms with van der Waals surface area (Å²) in [6, 6.07) is 7.48. The lowest BCUT2D eigenvalue weighted by molar-refractivity contribution is 0.415. The van der Waals surface area contributed by atoms with Gasteiger partial charge in [-0.2, -0.15) is 4.98 Å². The van der Waals surface area contributed by atoms with Crippen molar-refractivity contribution in [3.63, 3.8) is 0 Å². The molecule has 0 atom stereocenters. The van der Waals surface area contributed by atoms with Gasteiger partial charge in [0.25, 0.3) is 5.89 Å². The van der Waals surface area contributed by atoms with Crippen molar-refractivity contribution in [3.05, 3.63) is 30.0 Å². The molecule has 0 aliphatic carbocycles. The van der Waals surface area contributed by atoms with Gasteiger partial charge in [-0.1, -0.05) is 23.4 Å². The smallest absolute Gasteiger partial charge is 0.270 e. The van der Waals surface area contributed by atoms with Crippen LogP contribution in [0.4, 0.5) is 5.13 Å². The Morgan fingerprint density at radius 1 is 1.24 bits per heavy atom. The average molecular weight is 302 g/mol. The van der Waals surface area contributed by atoms with Gasteiger partial charge in [0, 0.05) is 5.56 Å². The Morgan fingerprint density at radius 2 is 2.00 bits per heavy atom. The molecule has 6 nitrogen and oxygen atoms in total. The summed E-state index contributed by atoms with van der Waals surface area (Å²) >= 11 is 1.36. The Labute approximate surface area is 125 Å². The molecule has 3 rings (SSSR count). The zero-order valence-corrected chi connectivity index (χ0v) is 12.5. The molecule has 0 spiro atoms. The standard InChI is InChI=1S/C14H14N4O2S/c1-3-10-11(21-14(15)16-10)13-17-12(18-20-13)8-4-6-9(19-2)7-5-8/h4-7H,3H2,1-2H3,(H2,15,16). The van der Waals surface area contributed by atoms with Gasteiger partial charge in [-0.15, -0.1) is 0 Å². The Kier molecular flexibility index (Phi) is 3.57. The van der Waals surface area contributed by atoms with Crippen molar-refractivity contribution in [2.45, 2.75) is 13.3 Å². The molecule has 3 aromatic rings. The summed E-state index contributed by atoms with van der Waals surface area (Å²) in [5.74, 6) is 1.76. The van der Waals surface area contributed by atoms with E-state index in [9.17, 15) is 0 Å². The minimum atomic E-state index is 0.451. The molecule has 0 amide bonds. The minimum Gasteiger partial charge on any atom is -0.497 e. The molecule has 0 fully saturated rings. The third-order valence-electron chi connectivity index (χ3n) is 3.02. The van der Waals surface area contributed by atoms with E-state index in [-0.39, 0.29) is 0 Å². The second kappa shape index (κ2) is 5.53. The highest BCUT2D eigenvalue weighted by Gasteiger charge is 2.17. The van der Waals surface area contributed by atoms with Gasteiger partial charge in [0.2, 0.25) is 5.82 Å². The highest BCUT2D eigenvalue weighted by atomic mass is 32.1. The first-order valence-corrected chi connectivity index (χ1v) is 7.26. The summed E-state index contributed by atoms with van der Waals surface area (Å²) in [6.07, 6.45) is 0.767. The molecule has 0 aliphatic rings. The van der Waals surface area contributed by atoms with E-state index < -0.39 is 0 Å². The number of ether oxygens (including phenoxy) is 1. The first kappa shape index (κ1) is 13.6. The first-order valence-electron chi connectivity index (χ1n) is 6.45. The molecule has 2 heterocycles. The third kappa shape index (κ3) is 2.59. The van der Waals surface area contributed by atoms with Gasteiger partial charge < -0.3 is 15.0 Å². The van der Waals surface area contributed by atoms with Crippen molar-refractivity contribution < 1.29 is 9.26 Å². The monoisotopic (exact) mass is 302 g/mol. The van der Waals surface area contributed by atoms with Crippen LogP contribution in [0.25, 0.3) is 22.2 Å². The number of nitrogens with two attached hydrogens (primary N) is 1. The normalized spacial score (nSPS) is 10.8. The molecule has 21 heavy (non-hydrogen) atoms. The van der Waals surface area contributed by atoms with Crippen LogP contribution in [-0.4, -0.2) is 22.2 Å². The molecule has 0 saturated carbocycles. The van der Waals surface area contributed by atoms with Gasteiger partial charge in [0.15, 0.2) is 5.13 Å². The number of aromatic nitrogens is 3. The van der Waals surface area contributed by atoms with E-state index in [0.717, 1.165) is 28.3 Å². The van der Waals surface area contributed by atoms with Crippen LogP contribution < -0.4 is 10.5 Å². The van der Waals surface area contributed by atoms with E-state index >= 15 is 0 Å². The Balaban J connectivity index is 1.95. The van der Waals surface area contributed by atoms with E-state index in [4.69, 9.17) is 15.0 Å². The molecular weight excluding hydrogens is 288 g/mol. The molecule has 0 bridgehead atoms. The molecule has 1 aromatic carbocycles. The zero-order valence-electron chi connectivity index (χ0n) is 11.7. The Bertz CT molecular complexity index is 749. The molecule has 0 radical (unpaired) electrons. The number of hydrogen-bond donors (Lipinski definition) is 1. The lowest BCUT2D eigenvalue weighted by Gasteiger charge is -1.98. The van der Waals surface area contributed by atoms with Gasteiger partial charge in [0.05, 0.1) is 12.8 Å². The fourth-order valence-corrected chi connectivity index (χ4v) is 2.79. The Hall–Kier alpha value is -2.41. The van der Waals surface area contributed by atoms with Crippen molar-refractivity contribution in [2.75, 3.05) is 12.8 Å². The van der Waals surface area contributed by atoms with Crippen LogP contribution >= 0.6 is 11.3 Å². The summed E-state index contributed by atoms with van der Waals surface area (Å²) in [4.78, 5) is 9.52. The van der Waals surface area contributed by atoms with Crippen LogP contribution in [0.3, 0.4) is 0 Å². The van der Waals surface area contributed by atoms with Crippen LogP contribution in [-0.2, 0) is 6.42 Å². The third-order valence-corrected chi connectivity index (χ3v) is 3.93. The summed E-state index contributed by atoms with van der Waals surface area (Å²) in [5.41, 5.74) is 7.49. The topological polar surface area (TPSA) is 87.1 Å². The number of nitrogen functional groups attached to an aromatic ring is 1. The Morgan fingerprint density at radius 3 is 2.67 bits per heavy atom. The van der Waals surface area contributed by atoms with Crippen molar-refractivity contribution in [1.29, 1.82) is 0 Å². The largest absolute Gasteiger partial charge is 0.497 e. The number of methoxy groups -OCH3 is 1. The van der Waals surface area contributed by atoms with Gasteiger partial charge in [-0.05, 0) is 30.7 Å². The van der Waals surface area contributed by atoms with Gasteiger partial charge in [0.1, 0.15) is 10.6 Å². The fraction of sp³-hybridized carbons (Fsp3) is 0.214. The predicted molar refractivity (Wildman–Crippen MR) is 81.2 cm³/mol. The van der Waals surface area contributed by atoms with E-state index in [1.807, 2.05) is 31.2 Å². The quantitative estimate of drug-likeness (QED) is 0.797. The van der Waals surface area contributed by atoms with Gasteiger partial charge >= 0.3 is 0 Å². The number of nitrogens with zero attached hydrogens (tertiary/aromatic N) is 3. The average Bonchev–Trinajstić information content (AvgIpc) is 3.13. The van der Waals surface area contributed by atoms with Crippen molar-refractivity contribution in [1.82, 2.24) is 15.1 Å². The van der Waals surface area contributed by atoms with Crippen LogP contribution in [0.15, 0.2) is 28.8 Å². The number of thiazole rings is 1. The van der Waals surface area contributed by atoms with Gasteiger partial charge in [-0.3, -0.25) is 0 Å². The maximum atomic E-state index is 5.75. The number of hydrogen-bond acceptors (Lipinski definition) is 7. The molecule has 0 aliphatic heterocycles. The van der Waals surface area contributed by atoms with E-state index in [1.165, 1.54) is 11.3 Å². The lowest BCUT2D eigenvalue weighted by Crippen LogP contribution is -1.86. The summed E-state index contributed by atoms with van der Waals surface area (Å²) in [5, 5.41) is 4.52. The van der Waals surface area contributed by atoms with Crippen LogP contribution in [0.1, 0.15) is 12.6 Å². The maximum Gasteiger partial charge on any atom is 0.270 e. The second-order valence-corrected chi connectivity index (χ2v) is 5.36. The number of benzene rings is 1. The molecular formula is C14H14N4O2S.